The van der Waals surface area contributed by atoms with Gasteiger partial charge in [-0.05, 0) is 90.8 Å². The Morgan fingerprint density at radius 2 is 1.89 bits per heavy atom. The number of aryl methyl sites for hydroxylation is 1. The number of benzene rings is 2. The van der Waals surface area contributed by atoms with E-state index in [9.17, 15) is 9.59 Å². The first kappa shape index (κ1) is 25.6. The Labute approximate surface area is 220 Å². The fraction of sp³-hybridized carbons (Fsp3) is 0.548. The second kappa shape index (κ2) is 9.70. The Kier molecular flexibility index (Phi) is 6.71. The van der Waals surface area contributed by atoms with Gasteiger partial charge in [-0.3, -0.25) is 9.69 Å². The number of amides is 1. The second-order valence-electron chi connectivity index (χ2n) is 11.8. The van der Waals surface area contributed by atoms with Crippen LogP contribution in [0.1, 0.15) is 76.0 Å². The molecule has 2 fully saturated rings. The molecule has 4 atom stereocenters. The molecule has 5 rings (SSSR count). The van der Waals surface area contributed by atoms with Crippen molar-refractivity contribution in [3.8, 4) is 5.75 Å². The number of esters is 1. The number of fused-ring (bicyclic) bond motifs is 3. The van der Waals surface area contributed by atoms with Crippen LogP contribution >= 0.6 is 0 Å². The average molecular weight is 506 g/mol. The number of methoxy groups -OCH3 is 1. The van der Waals surface area contributed by atoms with Gasteiger partial charge in [0.1, 0.15) is 12.4 Å². The Morgan fingerprint density at radius 1 is 1.14 bits per heavy atom. The zero-order chi connectivity index (χ0) is 26.4. The quantitative estimate of drug-likeness (QED) is 0.425. The van der Waals surface area contributed by atoms with Crippen molar-refractivity contribution in [3.63, 3.8) is 0 Å². The van der Waals surface area contributed by atoms with Gasteiger partial charge in [-0.2, -0.15) is 0 Å². The molecule has 1 saturated carbocycles. The highest BCUT2D eigenvalue weighted by atomic mass is 16.6. The van der Waals surface area contributed by atoms with Gasteiger partial charge in [0, 0.05) is 5.69 Å². The van der Waals surface area contributed by atoms with Crippen LogP contribution in [0.25, 0.3) is 0 Å². The molecule has 2 aliphatic carbocycles. The van der Waals surface area contributed by atoms with E-state index in [-0.39, 0.29) is 23.9 Å². The van der Waals surface area contributed by atoms with Crippen LogP contribution in [0.5, 0.6) is 5.75 Å². The van der Waals surface area contributed by atoms with Crippen LogP contribution in [0.15, 0.2) is 42.5 Å². The van der Waals surface area contributed by atoms with E-state index >= 15 is 0 Å². The zero-order valence-corrected chi connectivity index (χ0v) is 22.7. The summed E-state index contributed by atoms with van der Waals surface area (Å²) in [6, 6.07) is 14.2. The number of hydrogen-bond acceptors (Lipinski definition) is 5. The standard InChI is InChI=1S/C31H39NO5/c1-20(2)21-7-13-26-22(17-21)8-14-27-30(26,3)15-6-16-31(27,4)28(33)36-19-25-18-32(29(34)37-25)23-9-11-24(35-5)12-10-23/h7,9-13,17,20,25,27H,6,8,14-16,18-19H2,1-5H3/t25?,27?,30-,31-/m1/s1. The number of ether oxygens (including phenoxy) is 3. The molecule has 198 valence electrons. The average Bonchev–Trinajstić information content (AvgIpc) is 3.27. The van der Waals surface area contributed by atoms with E-state index in [1.165, 1.54) is 16.7 Å². The monoisotopic (exact) mass is 505 g/mol. The highest BCUT2D eigenvalue weighted by Crippen LogP contribution is 2.57. The molecule has 1 aliphatic heterocycles. The third-order valence-corrected chi connectivity index (χ3v) is 9.17. The smallest absolute Gasteiger partial charge is 0.414 e. The normalized spacial score (nSPS) is 28.9. The van der Waals surface area contributed by atoms with Gasteiger partial charge in [0.2, 0.25) is 0 Å². The first-order valence-electron chi connectivity index (χ1n) is 13.6. The fourth-order valence-corrected chi connectivity index (χ4v) is 7.03. The zero-order valence-electron chi connectivity index (χ0n) is 22.7. The second-order valence-corrected chi connectivity index (χ2v) is 11.8. The Hall–Kier alpha value is -3.02. The molecule has 1 saturated heterocycles. The minimum Gasteiger partial charge on any atom is -0.497 e. The van der Waals surface area contributed by atoms with Crippen molar-refractivity contribution >= 4 is 17.7 Å². The maximum atomic E-state index is 13.6. The maximum Gasteiger partial charge on any atom is 0.414 e. The molecular weight excluding hydrogens is 466 g/mol. The first-order valence-corrected chi connectivity index (χ1v) is 13.6. The molecule has 0 radical (unpaired) electrons. The number of carbonyl (C=O) groups excluding carboxylic acids is 2. The van der Waals surface area contributed by atoms with Crippen LogP contribution < -0.4 is 9.64 Å². The number of carbonyl (C=O) groups is 2. The van der Waals surface area contributed by atoms with E-state index in [1.54, 1.807) is 12.0 Å². The van der Waals surface area contributed by atoms with E-state index < -0.39 is 17.6 Å². The van der Waals surface area contributed by atoms with Crippen molar-refractivity contribution in [1.29, 1.82) is 0 Å². The van der Waals surface area contributed by atoms with Crippen molar-refractivity contribution in [1.82, 2.24) is 0 Å². The number of nitrogens with zero attached hydrogens (tertiary/aromatic N) is 1. The van der Waals surface area contributed by atoms with Crippen LogP contribution in [0.4, 0.5) is 10.5 Å². The molecule has 0 aromatic heterocycles. The Bertz CT molecular complexity index is 1170. The van der Waals surface area contributed by atoms with Crippen LogP contribution in [0.2, 0.25) is 0 Å². The van der Waals surface area contributed by atoms with E-state index in [0.717, 1.165) is 43.5 Å². The maximum absolute atomic E-state index is 13.6. The van der Waals surface area contributed by atoms with Crippen molar-refractivity contribution < 1.29 is 23.8 Å². The number of rotatable bonds is 6. The van der Waals surface area contributed by atoms with Gasteiger partial charge in [0.05, 0.1) is 19.1 Å². The molecule has 37 heavy (non-hydrogen) atoms. The third kappa shape index (κ3) is 4.49. The number of anilines is 1. The SMILES string of the molecule is COc1ccc(N2CC(COC(=O)[C@]3(C)CCC[C@]4(C)c5ccc(C(C)C)cc5CCC34)OC2=O)cc1. The Morgan fingerprint density at radius 3 is 2.59 bits per heavy atom. The molecule has 1 heterocycles. The molecule has 0 bridgehead atoms. The summed E-state index contributed by atoms with van der Waals surface area (Å²) in [6.07, 6.45) is 3.98. The fourth-order valence-electron chi connectivity index (χ4n) is 7.03. The molecular formula is C31H39NO5. The largest absolute Gasteiger partial charge is 0.497 e. The number of hydrogen-bond donors (Lipinski definition) is 0. The van der Waals surface area contributed by atoms with Crippen LogP contribution in [-0.2, 0) is 26.1 Å². The summed E-state index contributed by atoms with van der Waals surface area (Å²) in [5, 5.41) is 0. The molecule has 2 aromatic carbocycles. The lowest BCUT2D eigenvalue weighted by Crippen LogP contribution is -2.53. The summed E-state index contributed by atoms with van der Waals surface area (Å²) in [4.78, 5) is 27.7. The lowest BCUT2D eigenvalue weighted by Gasteiger charge is -2.54. The van der Waals surface area contributed by atoms with Gasteiger partial charge in [0.15, 0.2) is 6.10 Å². The topological polar surface area (TPSA) is 65.1 Å². The highest BCUT2D eigenvalue weighted by molar-refractivity contribution is 5.89. The van der Waals surface area contributed by atoms with Crippen LogP contribution in [0, 0.1) is 11.3 Å². The number of cyclic esters (lactones) is 1. The van der Waals surface area contributed by atoms with Gasteiger partial charge < -0.3 is 14.2 Å². The molecule has 0 N–H and O–H groups in total. The van der Waals surface area contributed by atoms with Gasteiger partial charge in [-0.25, -0.2) is 4.79 Å². The molecule has 3 aliphatic rings. The molecule has 0 spiro atoms. The highest BCUT2D eigenvalue weighted by Gasteiger charge is 2.56. The summed E-state index contributed by atoms with van der Waals surface area (Å²) in [6.45, 7) is 9.34. The van der Waals surface area contributed by atoms with Crippen molar-refractivity contribution in [2.75, 3.05) is 25.2 Å². The predicted molar refractivity (Wildman–Crippen MR) is 143 cm³/mol. The minimum absolute atomic E-state index is 0.0416. The van der Waals surface area contributed by atoms with E-state index in [2.05, 4.69) is 45.9 Å². The minimum atomic E-state index is -0.556. The molecule has 6 nitrogen and oxygen atoms in total. The van der Waals surface area contributed by atoms with Crippen molar-refractivity contribution in [2.45, 2.75) is 77.2 Å². The summed E-state index contributed by atoms with van der Waals surface area (Å²) in [7, 11) is 1.60. The lowest BCUT2D eigenvalue weighted by molar-refractivity contribution is -0.166. The Balaban J connectivity index is 1.27. The van der Waals surface area contributed by atoms with Gasteiger partial charge in [-0.1, -0.05) is 45.4 Å². The van der Waals surface area contributed by atoms with Gasteiger partial charge in [0.25, 0.3) is 0 Å². The van der Waals surface area contributed by atoms with Crippen LogP contribution in [-0.4, -0.2) is 38.4 Å². The van der Waals surface area contributed by atoms with E-state index in [4.69, 9.17) is 14.2 Å². The molecule has 1 amide bonds. The van der Waals surface area contributed by atoms with E-state index in [0.29, 0.717) is 12.5 Å². The lowest BCUT2D eigenvalue weighted by atomic mass is 9.49. The van der Waals surface area contributed by atoms with Crippen molar-refractivity contribution in [2.24, 2.45) is 11.3 Å². The van der Waals surface area contributed by atoms with Gasteiger partial charge in [-0.15, -0.1) is 0 Å². The summed E-state index contributed by atoms with van der Waals surface area (Å²) in [5.41, 5.74) is 4.37. The van der Waals surface area contributed by atoms with Crippen molar-refractivity contribution in [3.05, 3.63) is 59.2 Å². The summed E-state index contributed by atoms with van der Waals surface area (Å²) < 4.78 is 16.6. The van der Waals surface area contributed by atoms with E-state index in [1.807, 2.05) is 24.3 Å². The molecule has 2 aromatic rings. The van der Waals surface area contributed by atoms with Crippen LogP contribution in [0.3, 0.4) is 0 Å². The molecule has 2 unspecified atom stereocenters. The summed E-state index contributed by atoms with van der Waals surface area (Å²) in [5.74, 6) is 1.29. The third-order valence-electron chi connectivity index (χ3n) is 9.17. The predicted octanol–water partition coefficient (Wildman–Crippen LogP) is 6.40. The van der Waals surface area contributed by atoms with Gasteiger partial charge >= 0.3 is 12.1 Å². The summed E-state index contributed by atoms with van der Waals surface area (Å²) >= 11 is 0. The first-order chi connectivity index (χ1) is 17.7. The molecule has 6 heteroatoms.